The first-order valence-corrected chi connectivity index (χ1v) is 10.0. The molecule has 0 spiro atoms. The molecular formula is C13H18FNO4S2. The van der Waals surface area contributed by atoms with Gasteiger partial charge >= 0.3 is 0 Å². The highest BCUT2D eigenvalue weighted by atomic mass is 32.2. The molecule has 1 fully saturated rings. The van der Waals surface area contributed by atoms with E-state index in [1.165, 1.54) is 18.2 Å². The van der Waals surface area contributed by atoms with E-state index in [1.807, 2.05) is 0 Å². The zero-order chi connectivity index (χ0) is 15.7. The average Bonchev–Trinajstić information content (AvgIpc) is 2.76. The summed E-state index contributed by atoms with van der Waals surface area (Å²) in [4.78, 5) is -0.400. The molecule has 8 heteroatoms. The van der Waals surface area contributed by atoms with Crippen LogP contribution in [0.25, 0.3) is 0 Å². The first-order chi connectivity index (χ1) is 9.78. The Bertz CT molecular complexity index is 715. The highest BCUT2D eigenvalue weighted by Gasteiger charge is 2.39. The van der Waals surface area contributed by atoms with Crippen LogP contribution in [0, 0.1) is 5.82 Å². The lowest BCUT2D eigenvalue weighted by atomic mass is 10.2. The Balaban J connectivity index is 2.40. The van der Waals surface area contributed by atoms with Crippen LogP contribution in [0.1, 0.15) is 19.8 Å². The van der Waals surface area contributed by atoms with Crippen molar-refractivity contribution in [2.45, 2.75) is 30.7 Å². The number of rotatable bonds is 5. The number of hydrogen-bond acceptors (Lipinski definition) is 4. The summed E-state index contributed by atoms with van der Waals surface area (Å²) in [5.41, 5.74) is 0. The summed E-state index contributed by atoms with van der Waals surface area (Å²) in [6.45, 7) is 1.98. The van der Waals surface area contributed by atoms with Crippen LogP contribution in [0.5, 0.6) is 0 Å². The summed E-state index contributed by atoms with van der Waals surface area (Å²) >= 11 is 0. The second kappa shape index (κ2) is 6.02. The van der Waals surface area contributed by atoms with Crippen LogP contribution in [0.4, 0.5) is 4.39 Å². The molecule has 0 bridgehead atoms. The molecular weight excluding hydrogens is 317 g/mol. The van der Waals surface area contributed by atoms with Gasteiger partial charge in [0, 0.05) is 12.6 Å². The predicted octanol–water partition coefficient (Wildman–Crippen LogP) is 1.41. The molecule has 0 amide bonds. The van der Waals surface area contributed by atoms with E-state index in [-0.39, 0.29) is 24.5 Å². The number of sulfonamides is 1. The minimum Gasteiger partial charge on any atom is -0.229 e. The first-order valence-electron chi connectivity index (χ1n) is 6.75. The maximum atomic E-state index is 13.8. The Morgan fingerprint density at radius 1 is 1.33 bits per heavy atom. The maximum absolute atomic E-state index is 13.8. The number of nitrogens with zero attached hydrogens (tertiary/aromatic N) is 1. The Hall–Kier alpha value is -0.990. The summed E-state index contributed by atoms with van der Waals surface area (Å²) in [5.74, 6) is -1.04. The van der Waals surface area contributed by atoms with Crippen LogP contribution in [0.15, 0.2) is 29.2 Å². The number of halogens is 1. The van der Waals surface area contributed by atoms with Crippen LogP contribution in [0.3, 0.4) is 0 Å². The van der Waals surface area contributed by atoms with Gasteiger partial charge in [0.1, 0.15) is 10.7 Å². The van der Waals surface area contributed by atoms with Gasteiger partial charge in [0.2, 0.25) is 10.0 Å². The van der Waals surface area contributed by atoms with Crippen molar-refractivity contribution < 1.29 is 21.2 Å². The molecule has 1 aromatic carbocycles. The van der Waals surface area contributed by atoms with E-state index in [0.717, 1.165) is 10.4 Å². The van der Waals surface area contributed by atoms with Gasteiger partial charge in [0.05, 0.1) is 11.5 Å². The maximum Gasteiger partial charge on any atom is 0.246 e. The van der Waals surface area contributed by atoms with Gasteiger partial charge in [-0.2, -0.15) is 4.31 Å². The summed E-state index contributed by atoms with van der Waals surface area (Å²) in [5, 5.41) is 0. The Kier molecular flexibility index (Phi) is 4.69. The van der Waals surface area contributed by atoms with Crippen LogP contribution < -0.4 is 0 Å². The third-order valence-electron chi connectivity index (χ3n) is 3.48. The summed E-state index contributed by atoms with van der Waals surface area (Å²) in [6.07, 6.45) is 0.792. The van der Waals surface area contributed by atoms with Gasteiger partial charge in [-0.3, -0.25) is 0 Å². The molecule has 118 valence electrons. The van der Waals surface area contributed by atoms with E-state index in [4.69, 9.17) is 0 Å². The van der Waals surface area contributed by atoms with Crippen LogP contribution in [-0.2, 0) is 19.9 Å². The molecule has 21 heavy (non-hydrogen) atoms. The molecule has 0 saturated carbocycles. The minimum atomic E-state index is -4.03. The Morgan fingerprint density at radius 3 is 2.52 bits per heavy atom. The van der Waals surface area contributed by atoms with E-state index in [9.17, 15) is 21.2 Å². The first kappa shape index (κ1) is 16.4. The van der Waals surface area contributed by atoms with Crippen LogP contribution in [-0.4, -0.2) is 45.2 Å². The molecule has 1 aromatic rings. The monoisotopic (exact) mass is 335 g/mol. The largest absolute Gasteiger partial charge is 0.246 e. The standard InChI is InChI=1S/C13H18FNO4S2/c1-2-8-15(11-7-9-20(16,17)10-11)21(18,19)13-6-4-3-5-12(13)14/h3-6,11H,2,7-10H2,1H3/t11-/m0/s1. The molecule has 0 aromatic heterocycles. The molecule has 0 aliphatic carbocycles. The van der Waals surface area contributed by atoms with Crippen molar-refractivity contribution in [1.82, 2.24) is 4.31 Å². The van der Waals surface area contributed by atoms with Crippen molar-refractivity contribution in [3.8, 4) is 0 Å². The minimum absolute atomic E-state index is 0.0231. The number of hydrogen-bond donors (Lipinski definition) is 0. The molecule has 2 rings (SSSR count). The molecule has 5 nitrogen and oxygen atoms in total. The van der Waals surface area contributed by atoms with Crippen molar-refractivity contribution in [2.24, 2.45) is 0 Å². The van der Waals surface area contributed by atoms with Gasteiger partial charge in [0.15, 0.2) is 9.84 Å². The highest BCUT2D eigenvalue weighted by Crippen LogP contribution is 2.26. The molecule has 0 radical (unpaired) electrons. The number of sulfone groups is 1. The third kappa shape index (κ3) is 3.44. The summed E-state index contributed by atoms with van der Waals surface area (Å²) in [7, 11) is -7.24. The lowest BCUT2D eigenvalue weighted by molar-refractivity contribution is 0.338. The van der Waals surface area contributed by atoms with Crippen molar-refractivity contribution >= 4 is 19.9 Å². The molecule has 1 aliphatic rings. The van der Waals surface area contributed by atoms with E-state index in [1.54, 1.807) is 6.92 Å². The van der Waals surface area contributed by atoms with E-state index >= 15 is 0 Å². The van der Waals surface area contributed by atoms with Crippen molar-refractivity contribution in [1.29, 1.82) is 0 Å². The SMILES string of the molecule is CCCN([C@H]1CCS(=O)(=O)C1)S(=O)(=O)c1ccccc1F. The molecule has 1 saturated heterocycles. The predicted molar refractivity (Wildman–Crippen MR) is 77.6 cm³/mol. The quantitative estimate of drug-likeness (QED) is 0.816. The lowest BCUT2D eigenvalue weighted by Crippen LogP contribution is -2.41. The van der Waals surface area contributed by atoms with Gasteiger partial charge in [-0.1, -0.05) is 19.1 Å². The van der Waals surface area contributed by atoms with Gasteiger partial charge in [-0.25, -0.2) is 21.2 Å². The third-order valence-corrected chi connectivity index (χ3v) is 7.22. The second-order valence-corrected chi connectivity index (χ2v) is 9.19. The Labute approximate surface area is 124 Å². The zero-order valence-electron chi connectivity index (χ0n) is 11.7. The zero-order valence-corrected chi connectivity index (χ0v) is 13.3. The Morgan fingerprint density at radius 2 is 2.00 bits per heavy atom. The molecule has 1 atom stereocenters. The molecule has 0 N–H and O–H groups in total. The fourth-order valence-electron chi connectivity index (χ4n) is 2.50. The van der Waals surface area contributed by atoms with Crippen molar-refractivity contribution in [3.63, 3.8) is 0 Å². The van der Waals surface area contributed by atoms with Crippen LogP contribution in [0.2, 0.25) is 0 Å². The van der Waals surface area contributed by atoms with Gasteiger partial charge < -0.3 is 0 Å². The van der Waals surface area contributed by atoms with Gasteiger partial charge in [-0.15, -0.1) is 0 Å². The molecule has 1 aliphatic heterocycles. The number of benzene rings is 1. The van der Waals surface area contributed by atoms with Crippen molar-refractivity contribution in [2.75, 3.05) is 18.1 Å². The van der Waals surface area contributed by atoms with Crippen LogP contribution >= 0.6 is 0 Å². The van der Waals surface area contributed by atoms with E-state index < -0.39 is 36.6 Å². The summed E-state index contributed by atoms with van der Waals surface area (Å²) in [6, 6.07) is 4.54. The lowest BCUT2D eigenvalue weighted by Gasteiger charge is -2.27. The second-order valence-electron chi connectivity index (χ2n) is 5.10. The topological polar surface area (TPSA) is 71.5 Å². The van der Waals surface area contributed by atoms with Crippen molar-refractivity contribution in [3.05, 3.63) is 30.1 Å². The highest BCUT2D eigenvalue weighted by molar-refractivity contribution is 7.92. The van der Waals surface area contributed by atoms with Gasteiger partial charge in [-0.05, 0) is 25.0 Å². The van der Waals surface area contributed by atoms with E-state index in [0.29, 0.717) is 6.42 Å². The summed E-state index contributed by atoms with van der Waals surface area (Å²) < 4.78 is 63.4. The fraction of sp³-hybridized carbons (Fsp3) is 0.538. The molecule has 0 unspecified atom stereocenters. The van der Waals surface area contributed by atoms with Gasteiger partial charge in [0.25, 0.3) is 0 Å². The average molecular weight is 335 g/mol. The normalized spacial score (nSPS) is 21.8. The fourth-order valence-corrected chi connectivity index (χ4v) is 6.14. The smallest absolute Gasteiger partial charge is 0.229 e. The molecule has 1 heterocycles. The van der Waals surface area contributed by atoms with E-state index in [2.05, 4.69) is 0 Å².